The van der Waals surface area contributed by atoms with Crippen molar-refractivity contribution in [2.75, 3.05) is 13.2 Å². The van der Waals surface area contributed by atoms with Crippen LogP contribution in [0.3, 0.4) is 0 Å². The Morgan fingerprint density at radius 2 is 1.73 bits per heavy atom. The Labute approximate surface area is 60.8 Å². The Bertz CT molecular complexity index is 120. The maximum Gasteiger partial charge on any atom is 0.419 e. The van der Waals surface area contributed by atoms with Crippen LogP contribution in [0.5, 0.6) is 0 Å². The van der Waals surface area contributed by atoms with Crippen LogP contribution in [0.1, 0.15) is 6.92 Å². The van der Waals surface area contributed by atoms with E-state index in [-0.39, 0.29) is 6.92 Å². The molecule has 0 aliphatic carbocycles. The van der Waals surface area contributed by atoms with Crippen LogP contribution in [0.2, 0.25) is 0 Å². The van der Waals surface area contributed by atoms with Crippen molar-refractivity contribution < 1.29 is 27.4 Å². The number of aliphatic hydroxyl groups is 1. The highest BCUT2D eigenvalue weighted by molar-refractivity contribution is 4.70. The highest BCUT2D eigenvalue weighted by atomic mass is 19.3. The van der Waals surface area contributed by atoms with Gasteiger partial charge in [0.2, 0.25) is 0 Å². The average Bonchev–Trinajstić information content (AvgIpc) is 1.81. The predicted molar refractivity (Wildman–Crippen MR) is 28.6 cm³/mol. The quantitative estimate of drug-likeness (QED) is 0.653. The van der Waals surface area contributed by atoms with E-state index in [9.17, 15) is 17.6 Å². The summed E-state index contributed by atoms with van der Waals surface area (Å²) in [7, 11) is 0. The van der Waals surface area contributed by atoms with Gasteiger partial charge in [-0.05, 0) is 0 Å². The monoisotopic (exact) mass is 176 g/mol. The summed E-state index contributed by atoms with van der Waals surface area (Å²) in [5, 5.41) is 7.99. The van der Waals surface area contributed by atoms with Gasteiger partial charge in [-0.3, -0.25) is 0 Å². The van der Waals surface area contributed by atoms with Gasteiger partial charge in [0.05, 0.1) is 13.2 Å². The zero-order chi connectivity index (χ0) is 9.12. The maximum atomic E-state index is 12.0. The van der Waals surface area contributed by atoms with Gasteiger partial charge in [-0.2, -0.15) is 17.6 Å². The lowest BCUT2D eigenvalue weighted by molar-refractivity contribution is -0.342. The molecular formula is C5H8F4O2. The molecule has 0 amide bonds. The average molecular weight is 176 g/mol. The SMILES string of the molecule is CC(F)(F)C(F)(F)OCCO. The molecule has 2 nitrogen and oxygen atoms in total. The van der Waals surface area contributed by atoms with E-state index in [1.165, 1.54) is 0 Å². The van der Waals surface area contributed by atoms with Crippen LogP contribution < -0.4 is 0 Å². The van der Waals surface area contributed by atoms with Gasteiger partial charge >= 0.3 is 12.0 Å². The van der Waals surface area contributed by atoms with Crippen LogP contribution in [-0.4, -0.2) is 30.4 Å². The third kappa shape index (κ3) is 3.02. The molecule has 0 unspecified atom stereocenters. The van der Waals surface area contributed by atoms with Gasteiger partial charge in [0.25, 0.3) is 0 Å². The molecule has 11 heavy (non-hydrogen) atoms. The molecule has 0 saturated heterocycles. The zero-order valence-corrected chi connectivity index (χ0v) is 5.78. The third-order valence-corrected chi connectivity index (χ3v) is 0.886. The number of alkyl halides is 4. The molecule has 0 atom stereocenters. The van der Waals surface area contributed by atoms with Crippen molar-refractivity contribution in [2.45, 2.75) is 19.0 Å². The number of ether oxygens (including phenoxy) is 1. The lowest BCUT2D eigenvalue weighted by atomic mass is 10.4. The number of rotatable bonds is 4. The summed E-state index contributed by atoms with van der Waals surface area (Å²) in [5.41, 5.74) is 0. The summed E-state index contributed by atoms with van der Waals surface area (Å²) < 4.78 is 51.2. The summed E-state index contributed by atoms with van der Waals surface area (Å²) in [6, 6.07) is 0. The van der Waals surface area contributed by atoms with Gasteiger partial charge in [0.15, 0.2) is 0 Å². The minimum absolute atomic E-state index is 0.0460. The number of halogens is 4. The molecule has 0 aromatic rings. The smallest absolute Gasteiger partial charge is 0.394 e. The fraction of sp³-hybridized carbons (Fsp3) is 1.00. The minimum atomic E-state index is -4.50. The van der Waals surface area contributed by atoms with Gasteiger partial charge in [-0.25, -0.2) is 0 Å². The lowest BCUT2D eigenvalue weighted by Gasteiger charge is -2.22. The Morgan fingerprint density at radius 1 is 1.27 bits per heavy atom. The lowest BCUT2D eigenvalue weighted by Crippen LogP contribution is -2.40. The molecular weight excluding hydrogens is 168 g/mol. The number of aliphatic hydroxyl groups excluding tert-OH is 1. The first-order chi connectivity index (χ1) is 4.81. The molecule has 0 rings (SSSR count). The Morgan fingerprint density at radius 3 is 2.00 bits per heavy atom. The number of hydrogen-bond donors (Lipinski definition) is 1. The largest absolute Gasteiger partial charge is 0.419 e. The van der Waals surface area contributed by atoms with Crippen molar-refractivity contribution in [3.63, 3.8) is 0 Å². The first-order valence-electron chi connectivity index (χ1n) is 2.81. The second kappa shape index (κ2) is 3.36. The van der Waals surface area contributed by atoms with Gasteiger partial charge in [0.1, 0.15) is 0 Å². The molecule has 0 aliphatic rings. The summed E-state index contributed by atoms with van der Waals surface area (Å²) in [4.78, 5) is 0. The standard InChI is InChI=1S/C5H8F4O2/c1-4(6,7)5(8,9)11-3-2-10/h10H,2-3H2,1H3. The second-order valence-electron chi connectivity index (χ2n) is 1.98. The molecule has 0 radical (unpaired) electrons. The molecule has 0 aromatic heterocycles. The van der Waals surface area contributed by atoms with Crippen LogP contribution in [0.4, 0.5) is 17.6 Å². The molecule has 0 fully saturated rings. The molecule has 0 aromatic carbocycles. The van der Waals surface area contributed by atoms with E-state index in [1.54, 1.807) is 0 Å². The summed E-state index contributed by atoms with van der Waals surface area (Å²) in [6.45, 7) is -1.48. The van der Waals surface area contributed by atoms with E-state index in [1.807, 2.05) is 0 Å². The van der Waals surface area contributed by atoms with Crippen molar-refractivity contribution >= 4 is 0 Å². The van der Waals surface area contributed by atoms with Crippen molar-refractivity contribution in [3.8, 4) is 0 Å². The summed E-state index contributed by atoms with van der Waals surface area (Å²) in [6.07, 6.45) is -4.50. The van der Waals surface area contributed by atoms with Crippen molar-refractivity contribution in [1.29, 1.82) is 0 Å². The van der Waals surface area contributed by atoms with E-state index >= 15 is 0 Å². The molecule has 68 valence electrons. The highest BCUT2D eigenvalue weighted by Gasteiger charge is 2.53. The fourth-order valence-electron chi connectivity index (χ4n) is 0.301. The van der Waals surface area contributed by atoms with E-state index in [0.29, 0.717) is 0 Å². The van der Waals surface area contributed by atoms with Crippen molar-refractivity contribution in [3.05, 3.63) is 0 Å². The maximum absolute atomic E-state index is 12.0. The predicted octanol–water partition coefficient (Wildman–Crippen LogP) is 1.24. The summed E-state index contributed by atoms with van der Waals surface area (Å²) in [5.74, 6) is -4.22. The first kappa shape index (κ1) is 10.6. The minimum Gasteiger partial charge on any atom is -0.394 e. The van der Waals surface area contributed by atoms with Crippen molar-refractivity contribution in [2.24, 2.45) is 0 Å². The second-order valence-corrected chi connectivity index (χ2v) is 1.98. The van der Waals surface area contributed by atoms with Gasteiger partial charge < -0.3 is 9.84 Å². The van der Waals surface area contributed by atoms with Gasteiger partial charge in [-0.1, -0.05) is 0 Å². The van der Waals surface area contributed by atoms with Crippen LogP contribution in [0, 0.1) is 0 Å². The number of hydrogen-bond acceptors (Lipinski definition) is 2. The molecule has 6 heteroatoms. The Hall–Kier alpha value is -0.360. The molecule has 0 heterocycles. The van der Waals surface area contributed by atoms with Gasteiger partial charge in [-0.15, -0.1) is 0 Å². The fourth-order valence-corrected chi connectivity index (χ4v) is 0.301. The van der Waals surface area contributed by atoms with Crippen LogP contribution in [-0.2, 0) is 4.74 Å². The zero-order valence-electron chi connectivity index (χ0n) is 5.78. The molecule has 0 aliphatic heterocycles. The van der Waals surface area contributed by atoms with E-state index in [2.05, 4.69) is 4.74 Å². The topological polar surface area (TPSA) is 29.5 Å². The van der Waals surface area contributed by atoms with Crippen LogP contribution >= 0.6 is 0 Å². The molecule has 0 saturated carbocycles. The highest BCUT2D eigenvalue weighted by Crippen LogP contribution is 2.34. The first-order valence-corrected chi connectivity index (χ1v) is 2.81. The van der Waals surface area contributed by atoms with Crippen LogP contribution in [0.15, 0.2) is 0 Å². The Kier molecular flexibility index (Phi) is 3.25. The molecule has 0 bridgehead atoms. The van der Waals surface area contributed by atoms with Crippen LogP contribution in [0.25, 0.3) is 0 Å². The molecule has 1 N–H and O–H groups in total. The van der Waals surface area contributed by atoms with E-state index in [4.69, 9.17) is 5.11 Å². The molecule has 0 spiro atoms. The van der Waals surface area contributed by atoms with E-state index < -0.39 is 25.2 Å². The third-order valence-electron chi connectivity index (χ3n) is 0.886. The van der Waals surface area contributed by atoms with Crippen molar-refractivity contribution in [1.82, 2.24) is 0 Å². The summed E-state index contributed by atoms with van der Waals surface area (Å²) >= 11 is 0. The normalized spacial score (nSPS) is 13.6. The van der Waals surface area contributed by atoms with Gasteiger partial charge in [0, 0.05) is 6.92 Å². The van der Waals surface area contributed by atoms with E-state index in [0.717, 1.165) is 0 Å². The Balaban J connectivity index is 4.00.